The molecule has 4 saturated heterocycles. The van der Waals surface area contributed by atoms with Crippen LogP contribution in [0.3, 0.4) is 0 Å². The number of nitrogens with zero attached hydrogens (tertiary/aromatic N) is 1. The molecule has 12 aliphatic rings. The lowest BCUT2D eigenvalue weighted by atomic mass is 9.58. The molecule has 98 heavy (non-hydrogen) atoms. The Balaban J connectivity index is 0.963. The fourth-order valence-corrected chi connectivity index (χ4v) is 18.5. The zero-order valence-electron chi connectivity index (χ0n) is 54.6. The van der Waals surface area contributed by atoms with Crippen molar-refractivity contribution >= 4 is 29.4 Å². The smallest absolute Gasteiger partial charge is 0.242 e. The van der Waals surface area contributed by atoms with Gasteiger partial charge in [0.1, 0.15) is 55.5 Å². The van der Waals surface area contributed by atoms with Gasteiger partial charge in [0.15, 0.2) is 28.7 Å². The van der Waals surface area contributed by atoms with Gasteiger partial charge in [-0.3, -0.25) is 30.8 Å². The number of ketones is 2. The summed E-state index contributed by atoms with van der Waals surface area (Å²) in [6.45, 7) is -0.984. The first-order valence-electron chi connectivity index (χ1n) is 34.7. The number of benzene rings is 4. The molecule has 16 rings (SSSR count). The maximum absolute atomic E-state index is 15.8. The van der Waals surface area contributed by atoms with Crippen molar-refractivity contribution < 1.29 is 73.5 Å². The lowest BCUT2D eigenvalue weighted by Crippen LogP contribution is -2.70. The molecule has 8 heterocycles. The molecule has 9 bridgehead atoms. The maximum Gasteiger partial charge on any atom is 0.242 e. The van der Waals surface area contributed by atoms with Crippen LogP contribution in [0.25, 0.3) is 0 Å². The zero-order valence-corrected chi connectivity index (χ0v) is 54.6. The van der Waals surface area contributed by atoms with Crippen LogP contribution in [0.15, 0.2) is 94.9 Å². The molecule has 4 aromatic rings. The van der Waals surface area contributed by atoms with Crippen LogP contribution >= 0.6 is 0 Å². The van der Waals surface area contributed by atoms with Crippen molar-refractivity contribution in [1.82, 2.24) is 31.9 Å². The molecule has 24 heteroatoms. The average Bonchev–Trinajstić information content (AvgIpc) is 1.42. The maximum atomic E-state index is 15.8. The SMILES string of the molecule is CNCc1cc2cc3c1CC1=C4CCC5CCCC5NC4C4=C(N)NCC=C4C1(COC1C4Oc5c(cc6c(c5OCC(O)CC=O)C(=O)c5cc(CO)ccc5C6=O)C(c5ccccc5N5CNC6C(=O)NC(N)NC65)C5CCC(O)C(C#CC(O)(C(COC5)O4)C1O)C2)C(O)C3. The van der Waals surface area contributed by atoms with E-state index in [0.29, 0.717) is 60.8 Å². The average molecular weight is 1340 g/mol. The first kappa shape index (κ1) is 65.2. The summed E-state index contributed by atoms with van der Waals surface area (Å²) in [4.78, 5) is 59.2. The van der Waals surface area contributed by atoms with E-state index in [2.05, 4.69) is 62.0 Å². The van der Waals surface area contributed by atoms with Gasteiger partial charge >= 0.3 is 0 Å². The molecule has 18 atom stereocenters. The number of hydrogen-bond donors (Lipinski definition) is 14. The highest BCUT2D eigenvalue weighted by Crippen LogP contribution is 2.58. The molecule has 4 aromatic carbocycles. The molecule has 1 amide bonds. The quantitative estimate of drug-likeness (QED) is 0.0522. The van der Waals surface area contributed by atoms with E-state index in [0.717, 1.165) is 70.2 Å². The summed E-state index contributed by atoms with van der Waals surface area (Å²) in [6, 6.07) is 17.0. The Kier molecular flexibility index (Phi) is 17.1. The van der Waals surface area contributed by atoms with Gasteiger partial charge in [-0.2, -0.15) is 0 Å². The number of para-hydroxylation sites is 1. The number of fused-ring (bicyclic) bond motifs is 17. The van der Waals surface area contributed by atoms with Crippen LogP contribution < -0.4 is 57.7 Å². The van der Waals surface area contributed by atoms with Gasteiger partial charge < -0.3 is 91.0 Å². The van der Waals surface area contributed by atoms with Gasteiger partial charge in [-0.1, -0.05) is 60.7 Å². The van der Waals surface area contributed by atoms with Crippen LogP contribution in [-0.2, 0) is 56.2 Å². The number of anilines is 1. The number of carbonyl (C=O) groups is 4. The number of hydrogen-bond acceptors (Lipinski definition) is 23. The van der Waals surface area contributed by atoms with Crippen molar-refractivity contribution in [3.05, 3.63) is 156 Å². The van der Waals surface area contributed by atoms with Gasteiger partial charge in [0.25, 0.3) is 0 Å². The Morgan fingerprint density at radius 3 is 2.64 bits per heavy atom. The van der Waals surface area contributed by atoms with E-state index in [1.54, 1.807) is 12.1 Å². The van der Waals surface area contributed by atoms with Crippen molar-refractivity contribution in [2.24, 2.45) is 34.6 Å². The van der Waals surface area contributed by atoms with Gasteiger partial charge in [0.05, 0.1) is 74.3 Å². The second-order valence-electron chi connectivity index (χ2n) is 28.8. The molecular formula is C74H85N9O15. The molecule has 516 valence electrons. The highest BCUT2D eigenvalue weighted by molar-refractivity contribution is 6.29. The van der Waals surface area contributed by atoms with Crippen LogP contribution in [0.1, 0.15) is 128 Å². The predicted octanol–water partition coefficient (Wildman–Crippen LogP) is 0.792. The topological polar surface area (TPSA) is 363 Å². The molecule has 0 aromatic heterocycles. The molecular weight excluding hydrogens is 1250 g/mol. The van der Waals surface area contributed by atoms with Gasteiger partial charge in [-0.25, -0.2) is 0 Å². The van der Waals surface area contributed by atoms with E-state index in [4.69, 9.17) is 35.2 Å². The Morgan fingerprint density at radius 2 is 1.81 bits per heavy atom. The summed E-state index contributed by atoms with van der Waals surface area (Å²) >= 11 is 0. The minimum absolute atomic E-state index is 0.0394. The Morgan fingerprint density at radius 1 is 0.949 bits per heavy atom. The normalized spacial score (nSPS) is 34.8. The molecule has 4 aliphatic carbocycles. The Bertz CT molecular complexity index is 4110. The molecule has 24 nitrogen and oxygen atoms in total. The highest BCUT2D eigenvalue weighted by atomic mass is 16.7. The summed E-state index contributed by atoms with van der Waals surface area (Å²) < 4.78 is 35.9. The third kappa shape index (κ3) is 10.6. The number of ether oxygens (including phenoxy) is 5. The molecule has 18 unspecified atom stereocenters. The lowest BCUT2D eigenvalue weighted by Gasteiger charge is -2.52. The van der Waals surface area contributed by atoms with E-state index in [9.17, 15) is 40.2 Å². The Labute approximate surface area is 566 Å². The Hall–Kier alpha value is -7.42. The molecule has 16 N–H and O–H groups in total. The van der Waals surface area contributed by atoms with Gasteiger partial charge in [-0.05, 0) is 151 Å². The van der Waals surface area contributed by atoms with E-state index in [-0.39, 0.29) is 109 Å². The molecule has 0 radical (unpaired) electrons. The summed E-state index contributed by atoms with van der Waals surface area (Å²) in [5.74, 6) is 2.47. The fraction of sp³-hybridized carbons (Fsp3) is 0.514. The van der Waals surface area contributed by atoms with Gasteiger partial charge in [0.2, 0.25) is 12.2 Å². The molecule has 1 saturated carbocycles. The molecule has 5 fully saturated rings. The lowest BCUT2D eigenvalue weighted by molar-refractivity contribution is -0.311. The van der Waals surface area contributed by atoms with Crippen LogP contribution in [0.2, 0.25) is 0 Å². The third-order valence-electron chi connectivity index (χ3n) is 23.3. The van der Waals surface area contributed by atoms with E-state index in [1.165, 1.54) is 12.1 Å². The minimum atomic E-state index is -2.55. The van der Waals surface area contributed by atoms with Crippen LogP contribution in [-0.4, -0.2) is 180 Å². The molecule has 8 aliphatic heterocycles. The number of aldehydes is 1. The summed E-state index contributed by atoms with van der Waals surface area (Å²) in [6.07, 6.45) is -4.69. The van der Waals surface area contributed by atoms with Crippen LogP contribution in [0.4, 0.5) is 5.69 Å². The van der Waals surface area contributed by atoms with Crippen molar-refractivity contribution in [2.75, 3.05) is 51.6 Å². The number of rotatable bonds is 10. The predicted molar refractivity (Wildman–Crippen MR) is 355 cm³/mol. The monoisotopic (exact) mass is 1340 g/mol. The molecule has 1 spiro atoms. The van der Waals surface area contributed by atoms with E-state index < -0.39 is 122 Å². The summed E-state index contributed by atoms with van der Waals surface area (Å²) in [7, 11) is 1.91. The van der Waals surface area contributed by atoms with Crippen molar-refractivity contribution in [3.8, 4) is 23.3 Å². The highest BCUT2D eigenvalue weighted by Gasteiger charge is 2.61. The number of carbonyl (C=O) groups excluding carboxylic acids is 4. The first-order valence-corrected chi connectivity index (χ1v) is 34.7. The van der Waals surface area contributed by atoms with Crippen molar-refractivity contribution in [3.63, 3.8) is 0 Å². The van der Waals surface area contributed by atoms with Crippen molar-refractivity contribution in [2.45, 2.75) is 169 Å². The number of aliphatic hydroxyl groups excluding tert-OH is 5. The summed E-state index contributed by atoms with van der Waals surface area (Å²) in [5.41, 5.74) is 18.6. The number of aliphatic hydroxyl groups is 6. The van der Waals surface area contributed by atoms with Crippen molar-refractivity contribution in [1.29, 1.82) is 0 Å². The van der Waals surface area contributed by atoms with Gasteiger partial charge in [0, 0.05) is 65.0 Å². The number of amides is 1. The second kappa shape index (κ2) is 25.6. The first-order chi connectivity index (χ1) is 47.5. The number of nitrogens with one attached hydrogen (secondary N) is 6. The number of dihydropyridines is 1. The second-order valence-corrected chi connectivity index (χ2v) is 28.8. The third-order valence-corrected chi connectivity index (χ3v) is 23.3. The van der Waals surface area contributed by atoms with Gasteiger partial charge in [-0.15, -0.1) is 0 Å². The van der Waals surface area contributed by atoms with E-state index >= 15 is 9.59 Å². The van der Waals surface area contributed by atoms with E-state index in [1.807, 2.05) is 36.2 Å². The minimum Gasteiger partial charge on any atom is -0.486 e. The standard InChI is InChI=1S/C74H85N9O15/c1-77-28-41-23-36-21-38-15-18-74(93)56-32-94-30-39(11-14-54(38)87)57(45-6-2-3-8-53(45)83-34-79-61-69(83)81-72(76)82-70(61)92)49-26-48-58(63(90)47-24-35(29-85)9-12-43(47)62(48)89)65(95-31-42(86)17-20-84)64(49)98-71(97-56)66(67(74)91)96-33-73-50-16-19-78-68(75)59(50)60-44(13-10-37-5-4-7-52(37)80-60)51(73)27-46(41)40(22-36)25-55(73)88/h2-3,6,8-9,12,16,20,22-24,26,37-39,42,52,54-57,60-61,66-67,69,71-72,77-81,85-88,91,93H,4-5,7,10-11,13-14,17,19,21,25,27-34,75-76H2,1H3,(H,82,92). The van der Waals surface area contributed by atoms with Crippen LogP contribution in [0, 0.1) is 35.0 Å². The fourth-order valence-electron chi connectivity index (χ4n) is 18.5. The van der Waals surface area contributed by atoms with Crippen LogP contribution in [0.5, 0.6) is 11.5 Å². The zero-order chi connectivity index (χ0) is 67.6. The number of nitrogens with two attached hydrogens (primary N) is 2. The summed E-state index contributed by atoms with van der Waals surface area (Å²) in [5, 5.41) is 97.0. The largest absolute Gasteiger partial charge is 0.486 e.